The highest BCUT2D eigenvalue weighted by molar-refractivity contribution is 5.94. The van der Waals surface area contributed by atoms with Crippen LogP contribution in [0, 0.1) is 5.92 Å². The second-order valence-electron chi connectivity index (χ2n) is 5.39. The number of hydrogen-bond acceptors (Lipinski definition) is 3. The second kappa shape index (κ2) is 5.95. The van der Waals surface area contributed by atoms with E-state index in [-0.39, 0.29) is 0 Å². The van der Waals surface area contributed by atoms with Crippen molar-refractivity contribution in [2.45, 2.75) is 38.6 Å². The first-order valence-electron chi connectivity index (χ1n) is 6.84. The number of nitrogens with two attached hydrogens (primary N) is 1. The number of primary amides is 1. The molecule has 1 aliphatic carbocycles. The molecule has 1 aromatic rings. The summed E-state index contributed by atoms with van der Waals surface area (Å²) in [5, 5.41) is 3.49. The first kappa shape index (κ1) is 13.7. The molecule has 104 valence electrons. The average Bonchev–Trinajstić information content (AvgIpc) is 2.38. The van der Waals surface area contributed by atoms with Crippen LogP contribution in [0.4, 0.5) is 5.69 Å². The van der Waals surface area contributed by atoms with Gasteiger partial charge in [-0.1, -0.05) is 19.8 Å². The fraction of sp³-hybridized carbons (Fsp3) is 0.533. The van der Waals surface area contributed by atoms with Gasteiger partial charge < -0.3 is 15.8 Å². The van der Waals surface area contributed by atoms with E-state index < -0.39 is 5.91 Å². The molecule has 4 heteroatoms. The van der Waals surface area contributed by atoms with Crippen molar-refractivity contribution in [1.29, 1.82) is 0 Å². The third kappa shape index (κ3) is 3.40. The van der Waals surface area contributed by atoms with Gasteiger partial charge in [-0.2, -0.15) is 0 Å². The van der Waals surface area contributed by atoms with Crippen molar-refractivity contribution in [3.05, 3.63) is 23.8 Å². The monoisotopic (exact) mass is 262 g/mol. The molecule has 1 amide bonds. The number of hydrogen-bond donors (Lipinski definition) is 2. The first-order chi connectivity index (χ1) is 9.10. The molecule has 2 atom stereocenters. The maximum atomic E-state index is 11.3. The zero-order valence-electron chi connectivity index (χ0n) is 11.6. The Balaban J connectivity index is 2.17. The van der Waals surface area contributed by atoms with Gasteiger partial charge in [0, 0.05) is 11.6 Å². The molecule has 2 unspecified atom stereocenters. The van der Waals surface area contributed by atoms with E-state index in [1.807, 2.05) is 0 Å². The predicted molar refractivity (Wildman–Crippen MR) is 76.6 cm³/mol. The summed E-state index contributed by atoms with van der Waals surface area (Å²) in [6.45, 7) is 2.28. The van der Waals surface area contributed by atoms with E-state index in [0.717, 1.165) is 30.2 Å². The standard InChI is InChI=1S/C15H22N2O2/c1-10-4-3-5-12(8-10)17-13-9-11(15(16)18)6-7-14(13)19-2/h6-7,9-10,12,17H,3-5,8H2,1-2H3,(H2,16,18). The lowest BCUT2D eigenvalue weighted by Gasteiger charge is -2.29. The van der Waals surface area contributed by atoms with Crippen LogP contribution in [-0.4, -0.2) is 19.1 Å². The van der Waals surface area contributed by atoms with Crippen LogP contribution in [0.5, 0.6) is 5.75 Å². The summed E-state index contributed by atoms with van der Waals surface area (Å²) in [7, 11) is 1.63. The van der Waals surface area contributed by atoms with Crippen molar-refractivity contribution in [3.8, 4) is 5.75 Å². The lowest BCUT2D eigenvalue weighted by Crippen LogP contribution is -2.26. The molecule has 0 bridgehead atoms. The second-order valence-corrected chi connectivity index (χ2v) is 5.39. The number of nitrogens with one attached hydrogen (secondary N) is 1. The molecule has 4 nitrogen and oxygen atoms in total. The molecule has 0 aliphatic heterocycles. The van der Waals surface area contributed by atoms with Gasteiger partial charge in [0.1, 0.15) is 5.75 Å². The third-order valence-corrected chi connectivity index (χ3v) is 3.78. The van der Waals surface area contributed by atoms with E-state index in [4.69, 9.17) is 10.5 Å². The molecule has 1 fully saturated rings. The molecular formula is C15H22N2O2. The van der Waals surface area contributed by atoms with Gasteiger partial charge in [-0.3, -0.25) is 4.79 Å². The van der Waals surface area contributed by atoms with Gasteiger partial charge in [0.15, 0.2) is 0 Å². The highest BCUT2D eigenvalue weighted by Crippen LogP contribution is 2.31. The Hall–Kier alpha value is -1.71. The van der Waals surface area contributed by atoms with Crippen LogP contribution in [0.3, 0.4) is 0 Å². The average molecular weight is 262 g/mol. The van der Waals surface area contributed by atoms with Crippen molar-refractivity contribution < 1.29 is 9.53 Å². The molecule has 1 aliphatic rings. The topological polar surface area (TPSA) is 64.3 Å². The van der Waals surface area contributed by atoms with Crippen molar-refractivity contribution in [2.24, 2.45) is 11.7 Å². The molecule has 1 saturated carbocycles. The van der Waals surface area contributed by atoms with Crippen molar-refractivity contribution in [1.82, 2.24) is 0 Å². The molecule has 2 rings (SSSR count). The summed E-state index contributed by atoms with van der Waals surface area (Å²) in [5.41, 5.74) is 6.69. The van der Waals surface area contributed by atoms with E-state index in [1.165, 1.54) is 12.8 Å². The third-order valence-electron chi connectivity index (χ3n) is 3.78. The Kier molecular flexibility index (Phi) is 4.30. The normalized spacial score (nSPS) is 22.8. The summed E-state index contributed by atoms with van der Waals surface area (Å²) in [4.78, 5) is 11.3. The fourth-order valence-corrected chi connectivity index (χ4v) is 2.76. The number of amides is 1. The molecule has 1 aromatic carbocycles. The maximum absolute atomic E-state index is 11.3. The van der Waals surface area contributed by atoms with Crippen LogP contribution in [0.15, 0.2) is 18.2 Å². The highest BCUT2D eigenvalue weighted by atomic mass is 16.5. The van der Waals surface area contributed by atoms with Crippen molar-refractivity contribution in [2.75, 3.05) is 12.4 Å². The Morgan fingerprint density at radius 2 is 2.21 bits per heavy atom. The van der Waals surface area contributed by atoms with Crippen LogP contribution in [0.25, 0.3) is 0 Å². The highest BCUT2D eigenvalue weighted by Gasteiger charge is 2.20. The largest absolute Gasteiger partial charge is 0.495 e. The number of carbonyl (C=O) groups is 1. The maximum Gasteiger partial charge on any atom is 0.248 e. The predicted octanol–water partition coefficient (Wildman–Crippen LogP) is 2.78. The summed E-state index contributed by atoms with van der Waals surface area (Å²) in [6, 6.07) is 5.70. The number of ether oxygens (including phenoxy) is 1. The van der Waals surface area contributed by atoms with Crippen LogP contribution < -0.4 is 15.8 Å². The van der Waals surface area contributed by atoms with Crippen molar-refractivity contribution >= 4 is 11.6 Å². The Labute approximate surface area is 114 Å². The summed E-state index contributed by atoms with van der Waals surface area (Å²) in [6.07, 6.45) is 4.87. The van der Waals surface area contributed by atoms with Crippen LogP contribution in [-0.2, 0) is 0 Å². The van der Waals surface area contributed by atoms with Crippen LogP contribution in [0.2, 0.25) is 0 Å². The number of methoxy groups -OCH3 is 1. The van der Waals surface area contributed by atoms with Gasteiger partial charge in [-0.25, -0.2) is 0 Å². The van der Waals surface area contributed by atoms with Gasteiger partial charge in [0.05, 0.1) is 12.8 Å². The number of rotatable bonds is 4. The molecule has 0 aromatic heterocycles. The summed E-state index contributed by atoms with van der Waals surface area (Å²) >= 11 is 0. The quantitative estimate of drug-likeness (QED) is 0.877. The number of benzene rings is 1. The SMILES string of the molecule is COc1ccc(C(N)=O)cc1NC1CCCC(C)C1. The van der Waals surface area contributed by atoms with E-state index in [2.05, 4.69) is 12.2 Å². The Bertz CT molecular complexity index is 459. The Morgan fingerprint density at radius 1 is 1.42 bits per heavy atom. The van der Waals surface area contributed by atoms with Gasteiger partial charge in [0.25, 0.3) is 0 Å². The van der Waals surface area contributed by atoms with Gasteiger partial charge in [-0.15, -0.1) is 0 Å². The molecule has 0 radical (unpaired) electrons. The first-order valence-corrected chi connectivity index (χ1v) is 6.84. The van der Waals surface area contributed by atoms with Gasteiger partial charge in [-0.05, 0) is 37.0 Å². The van der Waals surface area contributed by atoms with E-state index >= 15 is 0 Å². The zero-order chi connectivity index (χ0) is 13.8. The van der Waals surface area contributed by atoms with Crippen LogP contribution >= 0.6 is 0 Å². The lowest BCUT2D eigenvalue weighted by molar-refractivity contribution is 0.100. The van der Waals surface area contributed by atoms with Gasteiger partial charge in [0.2, 0.25) is 5.91 Å². The molecular weight excluding hydrogens is 240 g/mol. The minimum Gasteiger partial charge on any atom is -0.495 e. The van der Waals surface area contributed by atoms with E-state index in [0.29, 0.717) is 11.6 Å². The number of carbonyl (C=O) groups excluding carboxylic acids is 1. The number of anilines is 1. The molecule has 0 spiro atoms. The summed E-state index contributed by atoms with van der Waals surface area (Å²) < 4.78 is 5.33. The minimum absolute atomic E-state index is 0.414. The fourth-order valence-electron chi connectivity index (χ4n) is 2.76. The molecule has 19 heavy (non-hydrogen) atoms. The van der Waals surface area contributed by atoms with Crippen molar-refractivity contribution in [3.63, 3.8) is 0 Å². The van der Waals surface area contributed by atoms with Gasteiger partial charge >= 0.3 is 0 Å². The lowest BCUT2D eigenvalue weighted by atomic mass is 9.87. The van der Waals surface area contributed by atoms with E-state index in [1.54, 1.807) is 25.3 Å². The molecule has 0 saturated heterocycles. The summed E-state index contributed by atoms with van der Waals surface area (Å²) in [5.74, 6) is 1.09. The van der Waals surface area contributed by atoms with Crippen LogP contribution in [0.1, 0.15) is 43.0 Å². The smallest absolute Gasteiger partial charge is 0.248 e. The molecule has 0 heterocycles. The van der Waals surface area contributed by atoms with E-state index in [9.17, 15) is 4.79 Å². The Morgan fingerprint density at radius 3 is 2.84 bits per heavy atom. The minimum atomic E-state index is -0.414. The zero-order valence-corrected chi connectivity index (χ0v) is 11.6. The molecule has 3 N–H and O–H groups in total.